The molecule has 0 aliphatic carbocycles. The largest absolute Gasteiger partial charge is 0.478 e. The lowest BCUT2D eigenvalue weighted by Crippen LogP contribution is -2.12. The summed E-state index contributed by atoms with van der Waals surface area (Å²) in [5, 5.41) is 20.7. The van der Waals surface area contributed by atoms with Gasteiger partial charge in [0.25, 0.3) is 0 Å². The first-order chi connectivity index (χ1) is 13.0. The van der Waals surface area contributed by atoms with Gasteiger partial charge in [0, 0.05) is 35.3 Å². The van der Waals surface area contributed by atoms with Crippen molar-refractivity contribution in [3.8, 4) is 11.8 Å². The van der Waals surface area contributed by atoms with Crippen molar-refractivity contribution in [1.82, 2.24) is 4.57 Å². The van der Waals surface area contributed by atoms with Crippen LogP contribution in [0, 0.1) is 28.4 Å². The van der Waals surface area contributed by atoms with Crippen LogP contribution < -0.4 is 4.74 Å². The van der Waals surface area contributed by atoms with Gasteiger partial charge in [0.1, 0.15) is 0 Å². The number of nitro benzene ring substituents is 1. The van der Waals surface area contributed by atoms with E-state index in [1.807, 2.05) is 28.8 Å². The molecule has 0 amide bonds. The molecule has 0 radical (unpaired) electrons. The molecule has 136 valence electrons. The van der Waals surface area contributed by atoms with Crippen LogP contribution in [0.15, 0.2) is 48.7 Å². The Balaban J connectivity index is 1.87. The topological polar surface area (TPSA) is 98.2 Å². The van der Waals surface area contributed by atoms with Crippen LogP contribution in [0.25, 0.3) is 10.9 Å². The van der Waals surface area contributed by atoms with Crippen LogP contribution >= 0.6 is 0 Å². The van der Waals surface area contributed by atoms with E-state index in [4.69, 9.17) is 10.00 Å². The van der Waals surface area contributed by atoms with Crippen molar-refractivity contribution in [3.05, 3.63) is 69.9 Å². The number of aryl methyl sites for hydroxylation is 2. The molecule has 0 N–H and O–H groups in total. The summed E-state index contributed by atoms with van der Waals surface area (Å²) in [6.07, 6.45) is 2.04. The van der Waals surface area contributed by atoms with Gasteiger partial charge in [0.2, 0.25) is 5.78 Å². The maximum absolute atomic E-state index is 12.7. The average molecular weight is 363 g/mol. The Morgan fingerprint density at radius 3 is 2.81 bits per heavy atom. The summed E-state index contributed by atoms with van der Waals surface area (Å²) in [7, 11) is 0. The van der Waals surface area contributed by atoms with Crippen LogP contribution in [0.1, 0.15) is 22.3 Å². The highest BCUT2D eigenvalue weighted by Crippen LogP contribution is 2.28. The van der Waals surface area contributed by atoms with E-state index in [0.29, 0.717) is 18.5 Å². The van der Waals surface area contributed by atoms with Crippen molar-refractivity contribution in [1.29, 1.82) is 5.26 Å². The predicted molar refractivity (Wildman–Crippen MR) is 99.8 cm³/mol. The second kappa shape index (κ2) is 7.70. The molecule has 0 unspecified atom stereocenters. The summed E-state index contributed by atoms with van der Waals surface area (Å²) in [6.45, 7) is 1.96. The summed E-state index contributed by atoms with van der Waals surface area (Å²) in [5.74, 6) is -0.209. The third kappa shape index (κ3) is 3.80. The van der Waals surface area contributed by atoms with Gasteiger partial charge >= 0.3 is 5.69 Å². The number of carbonyl (C=O) groups excluding carboxylic acids is 1. The number of benzene rings is 2. The summed E-state index contributed by atoms with van der Waals surface area (Å²) >= 11 is 0. The molecular weight excluding hydrogens is 346 g/mol. The van der Waals surface area contributed by atoms with Gasteiger partial charge in [-0.05, 0) is 24.6 Å². The maximum Gasteiger partial charge on any atom is 0.310 e. The fourth-order valence-electron chi connectivity index (χ4n) is 2.93. The highest BCUT2D eigenvalue weighted by atomic mass is 16.6. The number of rotatable bonds is 7. The fourth-order valence-corrected chi connectivity index (χ4v) is 2.93. The number of para-hydroxylation sites is 1. The van der Waals surface area contributed by atoms with Crippen LogP contribution in [0.2, 0.25) is 0 Å². The van der Waals surface area contributed by atoms with Gasteiger partial charge in [-0.2, -0.15) is 5.26 Å². The highest BCUT2D eigenvalue weighted by Gasteiger charge is 2.19. The zero-order chi connectivity index (χ0) is 19.4. The maximum atomic E-state index is 12.7. The molecule has 3 rings (SSSR count). The summed E-state index contributed by atoms with van der Waals surface area (Å²) in [5.41, 5.74) is 1.96. The normalized spacial score (nSPS) is 10.5. The van der Waals surface area contributed by atoms with E-state index in [0.717, 1.165) is 16.5 Å². The molecule has 3 aromatic rings. The van der Waals surface area contributed by atoms with Crippen LogP contribution in [-0.4, -0.2) is 21.9 Å². The van der Waals surface area contributed by atoms with E-state index in [2.05, 4.69) is 6.07 Å². The summed E-state index contributed by atoms with van der Waals surface area (Å²) < 4.78 is 7.34. The van der Waals surface area contributed by atoms with Crippen molar-refractivity contribution < 1.29 is 14.5 Å². The van der Waals surface area contributed by atoms with Gasteiger partial charge in [0.05, 0.1) is 17.4 Å². The number of hydrogen-bond donors (Lipinski definition) is 0. The minimum Gasteiger partial charge on any atom is -0.478 e. The van der Waals surface area contributed by atoms with Crippen molar-refractivity contribution in [2.24, 2.45) is 0 Å². The number of ketones is 1. The second-order valence-electron chi connectivity index (χ2n) is 6.10. The first-order valence-corrected chi connectivity index (χ1v) is 8.37. The number of Topliss-reactive ketones (excluding diaryl/α,β-unsaturated/α-hetero) is 1. The Bertz CT molecular complexity index is 1060. The number of carbonyl (C=O) groups is 1. The van der Waals surface area contributed by atoms with E-state index < -0.39 is 4.92 Å². The van der Waals surface area contributed by atoms with Crippen molar-refractivity contribution >= 4 is 22.4 Å². The van der Waals surface area contributed by atoms with Gasteiger partial charge in [-0.3, -0.25) is 14.9 Å². The fraction of sp³-hybridized carbons (Fsp3) is 0.200. The third-order valence-corrected chi connectivity index (χ3v) is 4.22. The molecule has 0 atom stereocenters. The van der Waals surface area contributed by atoms with Gasteiger partial charge in [-0.25, -0.2) is 0 Å². The van der Waals surface area contributed by atoms with Crippen LogP contribution in [-0.2, 0) is 6.54 Å². The lowest BCUT2D eigenvalue weighted by Gasteiger charge is -2.06. The minimum absolute atomic E-state index is 0.0709. The van der Waals surface area contributed by atoms with Crippen LogP contribution in [0.5, 0.6) is 5.75 Å². The van der Waals surface area contributed by atoms with Crippen molar-refractivity contribution in [3.63, 3.8) is 0 Å². The van der Waals surface area contributed by atoms with E-state index in [1.165, 1.54) is 6.07 Å². The molecule has 0 saturated carbocycles. The Morgan fingerprint density at radius 2 is 2.07 bits per heavy atom. The number of nitrogens with zero attached hydrogens (tertiary/aromatic N) is 3. The number of fused-ring (bicyclic) bond motifs is 1. The monoisotopic (exact) mass is 363 g/mol. The Morgan fingerprint density at radius 1 is 1.30 bits per heavy atom. The zero-order valence-corrected chi connectivity index (χ0v) is 14.7. The number of nitro groups is 1. The first-order valence-electron chi connectivity index (χ1n) is 8.37. The van der Waals surface area contributed by atoms with Crippen molar-refractivity contribution in [2.45, 2.75) is 19.9 Å². The first kappa shape index (κ1) is 18.1. The minimum atomic E-state index is -0.535. The molecule has 0 aliphatic rings. The van der Waals surface area contributed by atoms with Crippen molar-refractivity contribution in [2.75, 3.05) is 6.61 Å². The molecule has 27 heavy (non-hydrogen) atoms. The number of ether oxygens (including phenoxy) is 1. The quantitative estimate of drug-likeness (QED) is 0.358. The standard InChI is InChI=1S/C20H17N3O4/c1-14-7-8-18(23(25)26)20(11-14)27-13-19(24)16-12-22(10-4-9-21)17-6-3-2-5-15(16)17/h2-3,5-8,11-12H,4,10,13H2,1H3. The number of nitriles is 1. The van der Waals surface area contributed by atoms with E-state index in [9.17, 15) is 14.9 Å². The van der Waals surface area contributed by atoms with Crippen LogP contribution in [0.3, 0.4) is 0 Å². The van der Waals surface area contributed by atoms with Gasteiger partial charge < -0.3 is 9.30 Å². The lowest BCUT2D eigenvalue weighted by atomic mass is 10.1. The molecule has 1 aromatic heterocycles. The zero-order valence-electron chi connectivity index (χ0n) is 14.7. The number of aromatic nitrogens is 1. The third-order valence-electron chi connectivity index (χ3n) is 4.22. The average Bonchev–Trinajstić information content (AvgIpc) is 3.03. The highest BCUT2D eigenvalue weighted by molar-refractivity contribution is 6.08. The smallest absolute Gasteiger partial charge is 0.310 e. The molecule has 7 heteroatoms. The molecule has 0 bridgehead atoms. The molecule has 0 aliphatic heterocycles. The van der Waals surface area contributed by atoms with Gasteiger partial charge in [0.15, 0.2) is 12.4 Å². The molecule has 7 nitrogen and oxygen atoms in total. The molecular formula is C20H17N3O4. The Kier molecular flexibility index (Phi) is 5.18. The lowest BCUT2D eigenvalue weighted by molar-refractivity contribution is -0.385. The van der Waals surface area contributed by atoms with Gasteiger partial charge in [-0.15, -0.1) is 0 Å². The second-order valence-corrected chi connectivity index (χ2v) is 6.10. The SMILES string of the molecule is Cc1ccc([N+](=O)[O-])c(OCC(=O)c2cn(CCC#N)c3ccccc23)c1. The molecule has 2 aromatic carbocycles. The number of hydrogen-bond acceptors (Lipinski definition) is 5. The Hall–Kier alpha value is -3.66. The van der Waals surface area contributed by atoms with E-state index in [1.54, 1.807) is 25.3 Å². The molecule has 0 spiro atoms. The van der Waals surface area contributed by atoms with E-state index >= 15 is 0 Å². The van der Waals surface area contributed by atoms with E-state index in [-0.39, 0.29) is 23.8 Å². The van der Waals surface area contributed by atoms with Gasteiger partial charge in [-0.1, -0.05) is 24.3 Å². The molecule has 1 heterocycles. The summed E-state index contributed by atoms with van der Waals surface area (Å²) in [6, 6.07) is 14.0. The summed E-state index contributed by atoms with van der Waals surface area (Å²) in [4.78, 5) is 23.3. The molecule has 0 saturated heterocycles. The van der Waals surface area contributed by atoms with Crippen LogP contribution in [0.4, 0.5) is 5.69 Å². The predicted octanol–water partition coefficient (Wildman–Crippen LogP) is 4.03. The molecule has 0 fully saturated rings. The Labute approximate surface area is 155 Å².